The monoisotopic (exact) mass is 302 g/mol. The highest BCUT2D eigenvalue weighted by Crippen LogP contribution is 2.11. The van der Waals surface area contributed by atoms with Gasteiger partial charge in [0.05, 0.1) is 5.75 Å². The quantitative estimate of drug-likeness (QED) is 0.376. The number of hydrazine groups is 1. The third-order valence-electron chi connectivity index (χ3n) is 2.44. The Morgan fingerprint density at radius 2 is 1.95 bits per heavy atom. The Morgan fingerprint density at radius 1 is 1.25 bits per heavy atom. The lowest BCUT2D eigenvalue weighted by atomic mass is 10.3. The van der Waals surface area contributed by atoms with Gasteiger partial charge in [-0.1, -0.05) is 13.8 Å². The molecule has 0 bridgehead atoms. The van der Waals surface area contributed by atoms with Gasteiger partial charge < -0.3 is 10.7 Å². The number of anilines is 2. The van der Waals surface area contributed by atoms with Crippen molar-refractivity contribution in [1.29, 1.82) is 0 Å². The van der Waals surface area contributed by atoms with Crippen molar-refractivity contribution in [3.63, 3.8) is 0 Å². The largest absolute Gasteiger partial charge is 0.369 e. The third kappa shape index (κ3) is 5.68. The molecule has 0 aromatic carbocycles. The molecule has 0 saturated carbocycles. The summed E-state index contributed by atoms with van der Waals surface area (Å²) in [5, 5.41) is 2.97. The number of rotatable bonds is 9. The molecule has 9 heteroatoms. The molecule has 0 spiro atoms. The van der Waals surface area contributed by atoms with Gasteiger partial charge in [0, 0.05) is 25.6 Å². The van der Waals surface area contributed by atoms with Gasteiger partial charge in [-0.15, -0.1) is 0 Å². The number of hydrogen-bond donors (Lipinski definition) is 4. The van der Waals surface area contributed by atoms with Crippen molar-refractivity contribution in [2.75, 3.05) is 29.6 Å². The summed E-state index contributed by atoms with van der Waals surface area (Å²) in [5.74, 6) is 7.06. The van der Waals surface area contributed by atoms with Crippen LogP contribution in [0.5, 0.6) is 0 Å². The minimum atomic E-state index is -3.23. The van der Waals surface area contributed by atoms with Crippen molar-refractivity contribution in [2.24, 2.45) is 5.84 Å². The molecular weight excluding hydrogens is 280 g/mol. The van der Waals surface area contributed by atoms with E-state index in [2.05, 4.69) is 25.4 Å². The first-order valence-electron chi connectivity index (χ1n) is 6.56. The molecule has 0 aliphatic carbocycles. The number of nitrogens with zero attached hydrogens (tertiary/aromatic N) is 2. The van der Waals surface area contributed by atoms with Gasteiger partial charge >= 0.3 is 0 Å². The molecule has 0 fully saturated rings. The van der Waals surface area contributed by atoms with Gasteiger partial charge in [0.25, 0.3) is 0 Å². The van der Waals surface area contributed by atoms with E-state index < -0.39 is 10.0 Å². The first kappa shape index (κ1) is 16.6. The van der Waals surface area contributed by atoms with Gasteiger partial charge in [0.2, 0.25) is 10.0 Å². The lowest BCUT2D eigenvalue weighted by Crippen LogP contribution is -2.29. The summed E-state index contributed by atoms with van der Waals surface area (Å²) >= 11 is 0. The Bertz CT molecular complexity index is 520. The summed E-state index contributed by atoms with van der Waals surface area (Å²) < 4.78 is 25.4. The van der Waals surface area contributed by atoms with E-state index in [1.807, 2.05) is 6.92 Å². The topological polar surface area (TPSA) is 122 Å². The molecule has 0 radical (unpaired) electrons. The van der Waals surface area contributed by atoms with E-state index in [0.29, 0.717) is 24.0 Å². The summed E-state index contributed by atoms with van der Waals surface area (Å²) in [4.78, 5) is 8.51. The number of aryl methyl sites for hydroxylation is 1. The van der Waals surface area contributed by atoms with Crippen molar-refractivity contribution in [2.45, 2.75) is 26.7 Å². The number of hydrogen-bond acceptors (Lipinski definition) is 7. The molecule has 5 N–H and O–H groups in total. The van der Waals surface area contributed by atoms with Gasteiger partial charge in [-0.05, 0) is 6.42 Å². The summed E-state index contributed by atoms with van der Waals surface area (Å²) in [5.41, 5.74) is 2.47. The van der Waals surface area contributed by atoms with Crippen LogP contribution >= 0.6 is 0 Å². The van der Waals surface area contributed by atoms with E-state index in [9.17, 15) is 8.42 Å². The van der Waals surface area contributed by atoms with Gasteiger partial charge in [0.1, 0.15) is 17.5 Å². The second-order valence-corrected chi connectivity index (χ2v) is 6.12. The fourth-order valence-corrected chi connectivity index (χ4v) is 2.56. The molecule has 0 aliphatic heterocycles. The second-order valence-electron chi connectivity index (χ2n) is 4.19. The normalized spacial score (nSPS) is 11.3. The molecule has 8 nitrogen and oxygen atoms in total. The number of sulfonamides is 1. The zero-order valence-electron chi connectivity index (χ0n) is 11.8. The SMILES string of the molecule is CCCc1nc(NN)cc(NCCS(=O)(=O)NCC)n1. The molecule has 0 saturated heterocycles. The molecule has 20 heavy (non-hydrogen) atoms. The van der Waals surface area contributed by atoms with Crippen LogP contribution in [0.1, 0.15) is 26.1 Å². The van der Waals surface area contributed by atoms with Crippen molar-refractivity contribution < 1.29 is 8.42 Å². The van der Waals surface area contributed by atoms with Crippen LogP contribution in [0.25, 0.3) is 0 Å². The van der Waals surface area contributed by atoms with E-state index in [1.165, 1.54) is 0 Å². The number of aromatic nitrogens is 2. The van der Waals surface area contributed by atoms with Gasteiger partial charge in [-0.3, -0.25) is 0 Å². The van der Waals surface area contributed by atoms with Crippen LogP contribution in [0.3, 0.4) is 0 Å². The van der Waals surface area contributed by atoms with E-state index in [0.717, 1.165) is 12.8 Å². The number of nitrogen functional groups attached to an aromatic ring is 1. The van der Waals surface area contributed by atoms with Crippen LogP contribution in [0.2, 0.25) is 0 Å². The third-order valence-corrected chi connectivity index (χ3v) is 3.91. The lowest BCUT2D eigenvalue weighted by molar-refractivity contribution is 0.584. The van der Waals surface area contributed by atoms with Crippen molar-refractivity contribution in [3.05, 3.63) is 11.9 Å². The molecule has 1 rings (SSSR count). The first-order chi connectivity index (χ1) is 9.50. The van der Waals surface area contributed by atoms with Crippen molar-refractivity contribution in [1.82, 2.24) is 14.7 Å². The lowest BCUT2D eigenvalue weighted by Gasteiger charge is -2.10. The van der Waals surface area contributed by atoms with Crippen LogP contribution in [0.15, 0.2) is 6.07 Å². The Kier molecular flexibility index (Phi) is 6.62. The minimum absolute atomic E-state index is 0.0145. The molecule has 0 amide bonds. The maximum atomic E-state index is 11.5. The zero-order valence-corrected chi connectivity index (χ0v) is 12.6. The van der Waals surface area contributed by atoms with Gasteiger partial charge in [-0.25, -0.2) is 29.0 Å². The Balaban J connectivity index is 2.65. The maximum absolute atomic E-state index is 11.5. The first-order valence-corrected chi connectivity index (χ1v) is 8.21. The molecule has 0 atom stereocenters. The van der Waals surface area contributed by atoms with Crippen LogP contribution < -0.4 is 21.3 Å². The fraction of sp³-hybridized carbons (Fsp3) is 0.636. The predicted octanol–water partition coefficient (Wildman–Crippen LogP) is 0.0659. The Labute approximate surface area is 119 Å². The standard InChI is InChI=1S/C11H22N6O2S/c1-3-5-9-15-10(8-11(16-9)17-12)13-6-7-20(18,19)14-4-2/h8,14H,3-7,12H2,1-2H3,(H2,13,15,16,17). The van der Waals surface area contributed by atoms with E-state index >= 15 is 0 Å². The van der Waals surface area contributed by atoms with E-state index in [1.54, 1.807) is 13.0 Å². The predicted molar refractivity (Wildman–Crippen MR) is 79.8 cm³/mol. The highest BCUT2D eigenvalue weighted by atomic mass is 32.2. The van der Waals surface area contributed by atoms with Crippen molar-refractivity contribution >= 4 is 21.7 Å². The molecule has 1 aromatic rings. The summed E-state index contributed by atoms with van der Waals surface area (Å²) in [6, 6.07) is 1.64. The minimum Gasteiger partial charge on any atom is -0.369 e. The van der Waals surface area contributed by atoms with Gasteiger partial charge in [0.15, 0.2) is 0 Å². The highest BCUT2D eigenvalue weighted by Gasteiger charge is 2.09. The highest BCUT2D eigenvalue weighted by molar-refractivity contribution is 7.89. The maximum Gasteiger partial charge on any atom is 0.213 e. The summed E-state index contributed by atoms with van der Waals surface area (Å²) in [6.07, 6.45) is 1.65. The molecule has 1 heterocycles. The van der Waals surface area contributed by atoms with E-state index in [4.69, 9.17) is 5.84 Å². The molecule has 1 aromatic heterocycles. The zero-order chi connectivity index (χ0) is 15.0. The van der Waals surface area contributed by atoms with Gasteiger partial charge in [-0.2, -0.15) is 0 Å². The van der Waals surface area contributed by atoms with Crippen LogP contribution in [-0.2, 0) is 16.4 Å². The second kappa shape index (κ2) is 7.98. The molecule has 0 unspecified atom stereocenters. The van der Waals surface area contributed by atoms with Crippen LogP contribution in [0, 0.1) is 0 Å². The summed E-state index contributed by atoms with van der Waals surface area (Å²) in [7, 11) is -3.23. The summed E-state index contributed by atoms with van der Waals surface area (Å²) in [6.45, 7) is 4.42. The average molecular weight is 302 g/mol. The smallest absolute Gasteiger partial charge is 0.213 e. The fourth-order valence-electron chi connectivity index (χ4n) is 1.60. The Morgan fingerprint density at radius 3 is 2.55 bits per heavy atom. The molecule has 114 valence electrons. The molecular formula is C11H22N6O2S. The molecule has 0 aliphatic rings. The number of nitrogens with one attached hydrogen (secondary N) is 3. The van der Waals surface area contributed by atoms with E-state index in [-0.39, 0.29) is 12.3 Å². The van der Waals surface area contributed by atoms with Crippen LogP contribution in [0.4, 0.5) is 11.6 Å². The van der Waals surface area contributed by atoms with Crippen LogP contribution in [-0.4, -0.2) is 37.2 Å². The van der Waals surface area contributed by atoms with Crippen molar-refractivity contribution in [3.8, 4) is 0 Å². The average Bonchev–Trinajstić information content (AvgIpc) is 2.38. The Hall–Kier alpha value is -1.45. The number of nitrogens with two attached hydrogens (primary N) is 1.